The van der Waals surface area contributed by atoms with Crippen LogP contribution in [-0.2, 0) is 20.0 Å². The van der Waals surface area contributed by atoms with Crippen LogP contribution in [-0.4, -0.2) is 22.1 Å². The standard InChI is InChI=1S/C12H17NO4S2/c14-18(15,11-7-3-1-4-8-11)13-19(16,17)12-9-5-2-6-10-12/h1,3-4,7-8,12-13H,2,5-6,9-10H2. The van der Waals surface area contributed by atoms with Gasteiger partial charge in [-0.1, -0.05) is 37.5 Å². The molecule has 1 saturated carbocycles. The second kappa shape index (κ2) is 5.60. The summed E-state index contributed by atoms with van der Waals surface area (Å²) >= 11 is 0. The highest BCUT2D eigenvalue weighted by Crippen LogP contribution is 2.24. The van der Waals surface area contributed by atoms with Gasteiger partial charge in [0.1, 0.15) is 0 Å². The van der Waals surface area contributed by atoms with Crippen molar-refractivity contribution in [3.63, 3.8) is 0 Å². The Bertz CT molecular complexity index is 617. The molecule has 1 aromatic rings. The minimum Gasteiger partial charge on any atom is -0.211 e. The van der Waals surface area contributed by atoms with Crippen LogP contribution in [0.15, 0.2) is 35.2 Å². The van der Waals surface area contributed by atoms with Crippen LogP contribution in [0.1, 0.15) is 32.1 Å². The molecule has 0 unspecified atom stereocenters. The molecular formula is C12H17NO4S2. The second-order valence-electron chi connectivity index (χ2n) is 4.70. The fourth-order valence-corrected chi connectivity index (χ4v) is 5.87. The predicted molar refractivity (Wildman–Crippen MR) is 72.6 cm³/mol. The van der Waals surface area contributed by atoms with Gasteiger partial charge in [-0.2, -0.15) is 0 Å². The number of hydrogen-bond acceptors (Lipinski definition) is 4. The van der Waals surface area contributed by atoms with Crippen molar-refractivity contribution < 1.29 is 16.8 Å². The topological polar surface area (TPSA) is 80.3 Å². The Balaban J connectivity index is 2.20. The average molecular weight is 303 g/mol. The Morgan fingerprint density at radius 3 is 2.05 bits per heavy atom. The lowest BCUT2D eigenvalue weighted by molar-refractivity contribution is 0.481. The number of rotatable bonds is 4. The monoisotopic (exact) mass is 303 g/mol. The largest absolute Gasteiger partial charge is 0.253 e. The zero-order chi connectivity index (χ0) is 13.9. The van der Waals surface area contributed by atoms with Gasteiger partial charge in [-0.3, -0.25) is 0 Å². The van der Waals surface area contributed by atoms with Crippen LogP contribution in [0, 0.1) is 0 Å². The summed E-state index contributed by atoms with van der Waals surface area (Å²) in [7, 11) is -7.83. The van der Waals surface area contributed by atoms with E-state index < -0.39 is 25.3 Å². The predicted octanol–water partition coefficient (Wildman–Crippen LogP) is 1.63. The maximum Gasteiger partial charge on any atom is 0.253 e. The number of nitrogens with one attached hydrogen (secondary N) is 1. The molecule has 0 spiro atoms. The third-order valence-electron chi connectivity index (χ3n) is 3.27. The summed E-state index contributed by atoms with van der Waals surface area (Å²) < 4.78 is 50.0. The van der Waals surface area contributed by atoms with Crippen molar-refractivity contribution >= 4 is 20.0 Å². The minimum atomic E-state index is -4.01. The zero-order valence-corrected chi connectivity index (χ0v) is 12.1. The highest BCUT2D eigenvalue weighted by Gasteiger charge is 2.31. The van der Waals surface area contributed by atoms with Gasteiger partial charge in [0, 0.05) is 0 Å². The van der Waals surface area contributed by atoms with E-state index in [-0.39, 0.29) is 4.90 Å². The molecule has 7 heteroatoms. The van der Waals surface area contributed by atoms with E-state index >= 15 is 0 Å². The van der Waals surface area contributed by atoms with Gasteiger partial charge in [0.25, 0.3) is 10.0 Å². The fourth-order valence-electron chi connectivity index (χ4n) is 2.24. The van der Waals surface area contributed by atoms with Gasteiger partial charge in [0.2, 0.25) is 10.0 Å². The van der Waals surface area contributed by atoms with E-state index in [4.69, 9.17) is 0 Å². The third kappa shape index (κ3) is 3.55. The molecule has 1 N–H and O–H groups in total. The van der Waals surface area contributed by atoms with Crippen molar-refractivity contribution in [1.29, 1.82) is 0 Å². The molecule has 1 aliphatic carbocycles. The first-order valence-corrected chi connectivity index (χ1v) is 9.27. The first kappa shape index (κ1) is 14.5. The van der Waals surface area contributed by atoms with Gasteiger partial charge in [0.15, 0.2) is 0 Å². The van der Waals surface area contributed by atoms with Crippen LogP contribution in [0.4, 0.5) is 0 Å². The van der Waals surface area contributed by atoms with E-state index in [9.17, 15) is 16.8 Å². The van der Waals surface area contributed by atoms with Crippen LogP contribution in [0.2, 0.25) is 0 Å². The Labute approximate surface area is 114 Å². The van der Waals surface area contributed by atoms with E-state index in [1.54, 1.807) is 18.2 Å². The molecule has 0 aliphatic heterocycles. The Morgan fingerprint density at radius 1 is 0.895 bits per heavy atom. The lowest BCUT2D eigenvalue weighted by Gasteiger charge is -2.21. The van der Waals surface area contributed by atoms with Crippen molar-refractivity contribution in [1.82, 2.24) is 4.13 Å². The summed E-state index contributed by atoms with van der Waals surface area (Å²) in [4.78, 5) is -0.0330. The molecular weight excluding hydrogens is 286 g/mol. The molecule has 0 radical (unpaired) electrons. The van der Waals surface area contributed by atoms with Crippen LogP contribution < -0.4 is 4.13 Å². The quantitative estimate of drug-likeness (QED) is 0.916. The number of benzene rings is 1. The van der Waals surface area contributed by atoms with Crippen LogP contribution in [0.25, 0.3) is 0 Å². The molecule has 0 aromatic heterocycles. The first-order chi connectivity index (χ1) is 8.92. The number of sulfonamides is 2. The molecule has 1 aromatic carbocycles. The third-order valence-corrected chi connectivity index (χ3v) is 7.32. The zero-order valence-electron chi connectivity index (χ0n) is 10.4. The summed E-state index contributed by atoms with van der Waals surface area (Å²) in [6.07, 6.45) is 3.73. The molecule has 0 saturated heterocycles. The van der Waals surface area contributed by atoms with Gasteiger partial charge >= 0.3 is 0 Å². The van der Waals surface area contributed by atoms with Gasteiger partial charge in [-0.05, 0) is 25.0 Å². The molecule has 0 heterocycles. The highest BCUT2D eigenvalue weighted by atomic mass is 32.3. The Kier molecular flexibility index (Phi) is 4.27. The molecule has 19 heavy (non-hydrogen) atoms. The lowest BCUT2D eigenvalue weighted by Crippen LogP contribution is -2.39. The van der Waals surface area contributed by atoms with Gasteiger partial charge in [0.05, 0.1) is 10.1 Å². The summed E-state index contributed by atoms with van der Waals surface area (Å²) in [5.74, 6) is 0. The molecule has 0 atom stereocenters. The Morgan fingerprint density at radius 2 is 1.47 bits per heavy atom. The smallest absolute Gasteiger partial charge is 0.211 e. The maximum absolute atomic E-state index is 12.1. The van der Waals surface area contributed by atoms with E-state index in [0.717, 1.165) is 19.3 Å². The van der Waals surface area contributed by atoms with Crippen LogP contribution >= 0.6 is 0 Å². The summed E-state index contributed by atoms with van der Waals surface area (Å²) in [6.45, 7) is 0. The minimum absolute atomic E-state index is 0.0330. The molecule has 0 amide bonds. The van der Waals surface area contributed by atoms with Gasteiger partial charge in [-0.15, -0.1) is 4.13 Å². The van der Waals surface area contributed by atoms with Crippen molar-refractivity contribution in [2.75, 3.05) is 0 Å². The summed E-state index contributed by atoms with van der Waals surface area (Å²) in [5.41, 5.74) is 0. The second-order valence-corrected chi connectivity index (χ2v) is 8.61. The first-order valence-electron chi connectivity index (χ1n) is 6.24. The van der Waals surface area contributed by atoms with Crippen molar-refractivity contribution in [3.05, 3.63) is 30.3 Å². The molecule has 106 valence electrons. The van der Waals surface area contributed by atoms with E-state index in [1.165, 1.54) is 12.1 Å². The fraction of sp³-hybridized carbons (Fsp3) is 0.500. The van der Waals surface area contributed by atoms with Crippen LogP contribution in [0.3, 0.4) is 0 Å². The van der Waals surface area contributed by atoms with Crippen molar-refractivity contribution in [3.8, 4) is 0 Å². The molecule has 1 aliphatic rings. The van der Waals surface area contributed by atoms with E-state index in [0.29, 0.717) is 12.8 Å². The highest BCUT2D eigenvalue weighted by molar-refractivity contribution is 8.05. The van der Waals surface area contributed by atoms with E-state index in [2.05, 4.69) is 0 Å². The normalized spacial score (nSPS) is 18.3. The Hall–Kier alpha value is -0.920. The summed E-state index contributed by atoms with van der Waals surface area (Å²) in [5, 5.41) is -0.597. The SMILES string of the molecule is O=S(=O)(NS(=O)(=O)C1CCCCC1)c1ccccc1. The lowest BCUT2D eigenvalue weighted by atomic mass is 10.0. The van der Waals surface area contributed by atoms with E-state index in [1.807, 2.05) is 4.13 Å². The van der Waals surface area contributed by atoms with Crippen LogP contribution in [0.5, 0.6) is 0 Å². The average Bonchev–Trinajstić information content (AvgIpc) is 2.40. The molecule has 1 fully saturated rings. The summed E-state index contributed by atoms with van der Waals surface area (Å²) in [6, 6.07) is 7.54. The van der Waals surface area contributed by atoms with Gasteiger partial charge in [-0.25, -0.2) is 16.8 Å². The van der Waals surface area contributed by atoms with Crippen molar-refractivity contribution in [2.45, 2.75) is 42.2 Å². The molecule has 2 rings (SSSR count). The maximum atomic E-state index is 12.1. The van der Waals surface area contributed by atoms with Gasteiger partial charge < -0.3 is 0 Å². The van der Waals surface area contributed by atoms with Crippen molar-refractivity contribution in [2.24, 2.45) is 0 Å². The molecule has 0 bridgehead atoms. The molecule has 5 nitrogen and oxygen atoms in total. The number of hydrogen-bond donors (Lipinski definition) is 1.